The normalized spacial score (nSPS) is 10.7. The van der Waals surface area contributed by atoms with E-state index in [1.165, 1.54) is 13.2 Å². The van der Waals surface area contributed by atoms with Crippen LogP contribution < -0.4 is 13.9 Å². The quantitative estimate of drug-likeness (QED) is 0.502. The fourth-order valence-electron chi connectivity index (χ4n) is 2.09. The summed E-state index contributed by atoms with van der Waals surface area (Å²) in [4.78, 5) is 11.6. The topological polar surface area (TPSA) is 65.0 Å². The van der Waals surface area contributed by atoms with Crippen molar-refractivity contribution >= 4 is 25.4 Å². The summed E-state index contributed by atoms with van der Waals surface area (Å²) in [5, 5.41) is 9.90. The first-order chi connectivity index (χ1) is 12.0. The SMILES string of the molecule is COCOc1cc(OC(F)F)cc(C[Se]c2ccccc2)c1C(=O)O. The molecule has 2 aromatic rings. The molecule has 0 aromatic heterocycles. The van der Waals surface area contributed by atoms with Crippen LogP contribution in [0.5, 0.6) is 11.5 Å². The number of halogens is 2. The molecule has 0 heterocycles. The average molecular weight is 417 g/mol. The maximum absolute atomic E-state index is 12.5. The second kappa shape index (κ2) is 9.36. The first-order valence-corrected chi connectivity index (χ1v) is 9.22. The van der Waals surface area contributed by atoms with E-state index in [1.54, 1.807) is 0 Å². The number of carboxylic acid groups (broad SMARTS) is 1. The van der Waals surface area contributed by atoms with E-state index >= 15 is 0 Å². The van der Waals surface area contributed by atoms with Crippen molar-refractivity contribution in [1.82, 2.24) is 0 Å². The van der Waals surface area contributed by atoms with Crippen LogP contribution >= 0.6 is 0 Å². The molecule has 2 aromatic carbocycles. The van der Waals surface area contributed by atoms with Gasteiger partial charge < -0.3 is 0 Å². The number of hydrogen-bond acceptors (Lipinski definition) is 4. The van der Waals surface area contributed by atoms with Gasteiger partial charge in [-0.25, -0.2) is 0 Å². The van der Waals surface area contributed by atoms with Gasteiger partial charge in [-0.2, -0.15) is 0 Å². The van der Waals surface area contributed by atoms with Crippen molar-refractivity contribution in [1.29, 1.82) is 0 Å². The molecule has 0 aliphatic heterocycles. The van der Waals surface area contributed by atoms with Crippen LogP contribution in [0.15, 0.2) is 42.5 Å². The number of carboxylic acids is 1. The van der Waals surface area contributed by atoms with Gasteiger partial charge >= 0.3 is 149 Å². The molecule has 0 unspecified atom stereocenters. The summed E-state index contributed by atoms with van der Waals surface area (Å²) in [5.74, 6) is -1.41. The number of rotatable bonds is 9. The van der Waals surface area contributed by atoms with Gasteiger partial charge in [0.15, 0.2) is 0 Å². The predicted octanol–water partition coefficient (Wildman–Crippen LogP) is 2.50. The van der Waals surface area contributed by atoms with Gasteiger partial charge in [0.1, 0.15) is 0 Å². The first-order valence-electron chi connectivity index (χ1n) is 7.16. The summed E-state index contributed by atoms with van der Waals surface area (Å²) in [5.41, 5.74) is 0.303. The van der Waals surface area contributed by atoms with Crippen LogP contribution in [0.3, 0.4) is 0 Å². The van der Waals surface area contributed by atoms with Gasteiger partial charge in [0.2, 0.25) is 0 Å². The number of methoxy groups -OCH3 is 1. The molecule has 25 heavy (non-hydrogen) atoms. The fraction of sp³-hybridized carbons (Fsp3) is 0.235. The molecule has 0 amide bonds. The molecule has 2 rings (SSSR count). The van der Waals surface area contributed by atoms with Crippen molar-refractivity contribution in [3.05, 3.63) is 53.6 Å². The maximum atomic E-state index is 12.5. The first kappa shape index (κ1) is 19.2. The Hall–Kier alpha value is -2.15. The molecule has 0 spiro atoms. The van der Waals surface area contributed by atoms with Gasteiger partial charge in [-0.1, -0.05) is 0 Å². The molecule has 0 saturated heterocycles. The zero-order chi connectivity index (χ0) is 18.2. The molecular formula is C17H16F2O5Se. The number of ether oxygens (including phenoxy) is 3. The standard InChI is InChI=1S/C17H16F2O5Se/c1-22-10-23-14-8-12(24-17(18)19)7-11(15(14)16(20)21)9-25-13-5-3-2-4-6-13/h2-8,17H,9-10H2,1H3,(H,20,21). The number of benzene rings is 2. The summed E-state index contributed by atoms with van der Waals surface area (Å²) < 4.78 is 40.6. The minimum atomic E-state index is -3.02. The van der Waals surface area contributed by atoms with Crippen LogP contribution in [0.4, 0.5) is 8.78 Å². The van der Waals surface area contributed by atoms with Crippen LogP contribution in [0.1, 0.15) is 15.9 Å². The van der Waals surface area contributed by atoms with E-state index in [9.17, 15) is 18.7 Å². The van der Waals surface area contributed by atoms with E-state index in [1.807, 2.05) is 30.3 Å². The Balaban J connectivity index is 2.36. The van der Waals surface area contributed by atoms with Gasteiger partial charge in [-0.15, -0.1) is 0 Å². The predicted molar refractivity (Wildman–Crippen MR) is 88.1 cm³/mol. The van der Waals surface area contributed by atoms with Crippen molar-refractivity contribution in [2.75, 3.05) is 13.9 Å². The number of carbonyl (C=O) groups is 1. The van der Waals surface area contributed by atoms with Gasteiger partial charge in [-0.3, -0.25) is 0 Å². The van der Waals surface area contributed by atoms with Gasteiger partial charge in [0.05, 0.1) is 0 Å². The van der Waals surface area contributed by atoms with Crippen molar-refractivity contribution < 1.29 is 32.9 Å². The average Bonchev–Trinajstić information content (AvgIpc) is 2.57. The second-order valence-corrected chi connectivity index (χ2v) is 6.99. The van der Waals surface area contributed by atoms with Crippen molar-refractivity contribution in [3.8, 4) is 11.5 Å². The monoisotopic (exact) mass is 418 g/mol. The van der Waals surface area contributed by atoms with Gasteiger partial charge in [-0.05, 0) is 0 Å². The van der Waals surface area contributed by atoms with E-state index in [0.29, 0.717) is 10.9 Å². The number of alkyl halides is 2. The third kappa shape index (κ3) is 5.70. The minimum absolute atomic E-state index is 0.0636. The zero-order valence-corrected chi connectivity index (χ0v) is 15.0. The van der Waals surface area contributed by atoms with Crippen molar-refractivity contribution in [2.24, 2.45) is 0 Å². The molecule has 0 bridgehead atoms. The van der Waals surface area contributed by atoms with E-state index in [0.717, 1.165) is 10.5 Å². The number of aromatic carboxylic acids is 1. The molecular weight excluding hydrogens is 401 g/mol. The molecule has 5 nitrogen and oxygen atoms in total. The number of hydrogen-bond donors (Lipinski definition) is 1. The Morgan fingerprint density at radius 3 is 2.56 bits per heavy atom. The summed E-state index contributed by atoms with van der Waals surface area (Å²) in [7, 11) is 1.37. The Morgan fingerprint density at radius 1 is 1.24 bits per heavy atom. The Bertz CT molecular complexity index is 710. The molecule has 1 N–H and O–H groups in total. The third-order valence-electron chi connectivity index (χ3n) is 3.07. The molecule has 0 aliphatic rings. The van der Waals surface area contributed by atoms with E-state index in [4.69, 9.17) is 9.47 Å². The van der Waals surface area contributed by atoms with Crippen molar-refractivity contribution in [3.63, 3.8) is 0 Å². The molecule has 134 valence electrons. The summed E-state index contributed by atoms with van der Waals surface area (Å²) in [6, 6.07) is 12.0. The van der Waals surface area contributed by atoms with E-state index in [2.05, 4.69) is 4.74 Å². The summed E-state index contributed by atoms with van der Waals surface area (Å²) >= 11 is -0.0760. The molecule has 0 fully saturated rings. The van der Waals surface area contributed by atoms with Crippen LogP contribution in [0, 0.1) is 0 Å². The second-order valence-electron chi connectivity index (χ2n) is 4.79. The molecule has 0 saturated carbocycles. The van der Waals surface area contributed by atoms with Crippen molar-refractivity contribution in [2.45, 2.75) is 11.9 Å². The third-order valence-corrected chi connectivity index (χ3v) is 5.29. The van der Waals surface area contributed by atoms with Crippen LogP contribution in [-0.2, 0) is 10.1 Å². The van der Waals surface area contributed by atoms with E-state index < -0.39 is 12.6 Å². The molecule has 0 atom stereocenters. The Kier molecular flexibility index (Phi) is 7.18. The van der Waals surface area contributed by atoms with Crippen LogP contribution in [0.2, 0.25) is 0 Å². The van der Waals surface area contributed by atoms with E-state index in [-0.39, 0.29) is 38.8 Å². The fourth-order valence-corrected chi connectivity index (χ4v) is 3.97. The Labute approximate surface area is 149 Å². The van der Waals surface area contributed by atoms with Gasteiger partial charge in [0.25, 0.3) is 0 Å². The molecule has 8 heteroatoms. The van der Waals surface area contributed by atoms with Crippen LogP contribution in [-0.4, -0.2) is 46.5 Å². The zero-order valence-electron chi connectivity index (χ0n) is 13.3. The summed E-state index contributed by atoms with van der Waals surface area (Å²) in [6.45, 7) is -3.22. The molecule has 0 aliphatic carbocycles. The Morgan fingerprint density at radius 2 is 1.96 bits per heavy atom. The van der Waals surface area contributed by atoms with Gasteiger partial charge in [0, 0.05) is 0 Å². The van der Waals surface area contributed by atoms with Crippen LogP contribution in [0.25, 0.3) is 0 Å². The summed E-state index contributed by atoms with van der Waals surface area (Å²) in [6.07, 6.45) is 0. The molecule has 0 radical (unpaired) electrons.